The molecule has 0 fully saturated rings. The van der Waals surface area contributed by atoms with Crippen LogP contribution in [0.2, 0.25) is 0 Å². The Kier molecular flexibility index (Phi) is 6.19. The van der Waals surface area contributed by atoms with Crippen LogP contribution in [0.15, 0.2) is 79.1 Å². The zero-order valence-electron chi connectivity index (χ0n) is 16.6. The van der Waals surface area contributed by atoms with Crippen molar-refractivity contribution < 1.29 is 13.9 Å². The van der Waals surface area contributed by atoms with Crippen molar-refractivity contribution in [1.29, 1.82) is 5.26 Å². The van der Waals surface area contributed by atoms with E-state index in [-0.39, 0.29) is 12.4 Å². The summed E-state index contributed by atoms with van der Waals surface area (Å²) in [5.74, 6) is 0.979. The Labute approximate surface area is 179 Å². The van der Waals surface area contributed by atoms with Crippen LogP contribution < -0.4 is 9.47 Å². The number of rotatable bonds is 8. The average molecular weight is 414 g/mol. The van der Waals surface area contributed by atoms with Gasteiger partial charge in [0.2, 0.25) is 5.88 Å². The summed E-state index contributed by atoms with van der Waals surface area (Å²) in [6, 6.07) is 21.3. The monoisotopic (exact) mass is 414 g/mol. The van der Waals surface area contributed by atoms with Gasteiger partial charge in [0.05, 0.1) is 24.4 Å². The Morgan fingerprint density at radius 3 is 2.68 bits per heavy atom. The van der Waals surface area contributed by atoms with E-state index in [9.17, 15) is 4.39 Å². The minimum Gasteiger partial charge on any atom is -0.493 e. The highest BCUT2D eigenvalue weighted by molar-refractivity contribution is 5.37. The van der Waals surface area contributed by atoms with Crippen LogP contribution in [0.4, 0.5) is 4.39 Å². The van der Waals surface area contributed by atoms with Gasteiger partial charge in [-0.25, -0.2) is 9.37 Å². The number of aromatic nitrogens is 3. The van der Waals surface area contributed by atoms with E-state index in [0.29, 0.717) is 41.6 Å². The highest BCUT2D eigenvalue weighted by atomic mass is 19.1. The molecule has 2 heterocycles. The molecule has 0 radical (unpaired) electrons. The molecule has 0 bridgehead atoms. The first-order chi connectivity index (χ1) is 15.2. The minimum absolute atomic E-state index is 0.157. The van der Waals surface area contributed by atoms with Gasteiger partial charge >= 0.3 is 0 Å². The summed E-state index contributed by atoms with van der Waals surface area (Å²) in [6.07, 6.45) is 3.83. The predicted molar refractivity (Wildman–Crippen MR) is 112 cm³/mol. The van der Waals surface area contributed by atoms with Gasteiger partial charge in [0.25, 0.3) is 0 Å². The SMILES string of the molecule is N#Cc1ccnc(-n2nccc2OCc2ccc(F)cc2OCCc2ccccc2)c1. The average Bonchev–Trinajstić information content (AvgIpc) is 3.28. The molecule has 6 nitrogen and oxygen atoms in total. The molecule has 7 heteroatoms. The first kappa shape index (κ1) is 20.1. The van der Waals surface area contributed by atoms with Gasteiger partial charge in [-0.1, -0.05) is 30.3 Å². The van der Waals surface area contributed by atoms with Crippen LogP contribution in [0.3, 0.4) is 0 Å². The van der Waals surface area contributed by atoms with Gasteiger partial charge in [0.1, 0.15) is 18.2 Å². The van der Waals surface area contributed by atoms with Crippen LogP contribution >= 0.6 is 0 Å². The van der Waals surface area contributed by atoms with Gasteiger partial charge in [-0.05, 0) is 23.8 Å². The Morgan fingerprint density at radius 1 is 0.968 bits per heavy atom. The van der Waals surface area contributed by atoms with Crippen LogP contribution in [0.1, 0.15) is 16.7 Å². The van der Waals surface area contributed by atoms with Gasteiger partial charge in [0, 0.05) is 36.4 Å². The lowest BCUT2D eigenvalue weighted by Gasteiger charge is -2.13. The molecule has 0 atom stereocenters. The zero-order valence-corrected chi connectivity index (χ0v) is 16.6. The topological polar surface area (TPSA) is 73.0 Å². The Bertz CT molecular complexity index is 1200. The highest BCUT2D eigenvalue weighted by Crippen LogP contribution is 2.24. The second-order valence-electron chi connectivity index (χ2n) is 6.72. The molecule has 2 aromatic carbocycles. The molecule has 4 rings (SSSR count). The largest absolute Gasteiger partial charge is 0.493 e. The van der Waals surface area contributed by atoms with Crippen molar-refractivity contribution in [1.82, 2.24) is 14.8 Å². The van der Waals surface area contributed by atoms with Crippen molar-refractivity contribution in [2.24, 2.45) is 0 Å². The first-order valence-corrected chi connectivity index (χ1v) is 9.71. The Morgan fingerprint density at radius 2 is 1.84 bits per heavy atom. The van der Waals surface area contributed by atoms with Crippen LogP contribution in [-0.2, 0) is 13.0 Å². The van der Waals surface area contributed by atoms with Gasteiger partial charge in [0.15, 0.2) is 5.82 Å². The molecule has 2 aromatic heterocycles. The summed E-state index contributed by atoms with van der Waals surface area (Å²) in [4.78, 5) is 4.24. The van der Waals surface area contributed by atoms with Crippen molar-refractivity contribution >= 4 is 0 Å². The number of benzene rings is 2. The maximum Gasteiger partial charge on any atom is 0.218 e. The van der Waals surface area contributed by atoms with Gasteiger partial charge in [-0.3, -0.25) is 0 Å². The molecule has 0 N–H and O–H groups in total. The third-order valence-electron chi connectivity index (χ3n) is 4.60. The number of nitrogens with zero attached hydrogens (tertiary/aromatic N) is 4. The van der Waals surface area contributed by atoms with Crippen LogP contribution in [-0.4, -0.2) is 21.4 Å². The third-order valence-corrected chi connectivity index (χ3v) is 4.60. The molecular weight excluding hydrogens is 395 g/mol. The molecule has 0 aliphatic heterocycles. The number of hydrogen-bond acceptors (Lipinski definition) is 5. The molecule has 0 unspecified atom stereocenters. The number of ether oxygens (including phenoxy) is 2. The maximum absolute atomic E-state index is 13.8. The summed E-state index contributed by atoms with van der Waals surface area (Å²) >= 11 is 0. The molecule has 0 amide bonds. The van der Waals surface area contributed by atoms with E-state index in [1.807, 2.05) is 30.3 Å². The fourth-order valence-corrected chi connectivity index (χ4v) is 3.03. The molecule has 0 spiro atoms. The normalized spacial score (nSPS) is 10.5. The summed E-state index contributed by atoms with van der Waals surface area (Å²) < 4.78 is 27.1. The second-order valence-corrected chi connectivity index (χ2v) is 6.72. The van der Waals surface area contributed by atoms with Crippen molar-refractivity contribution in [2.75, 3.05) is 6.61 Å². The van der Waals surface area contributed by atoms with Crippen LogP contribution in [0.25, 0.3) is 5.82 Å². The zero-order chi connectivity index (χ0) is 21.5. The third kappa shape index (κ3) is 5.06. The lowest BCUT2D eigenvalue weighted by atomic mass is 10.1. The van der Waals surface area contributed by atoms with E-state index in [0.717, 1.165) is 5.56 Å². The lowest BCUT2D eigenvalue weighted by Crippen LogP contribution is -2.08. The fourth-order valence-electron chi connectivity index (χ4n) is 3.03. The first-order valence-electron chi connectivity index (χ1n) is 9.71. The maximum atomic E-state index is 13.8. The Balaban J connectivity index is 1.46. The van der Waals surface area contributed by atoms with E-state index < -0.39 is 0 Å². The van der Waals surface area contributed by atoms with Crippen molar-refractivity contribution in [3.8, 4) is 23.5 Å². The highest BCUT2D eigenvalue weighted by Gasteiger charge is 2.11. The second kappa shape index (κ2) is 9.55. The summed E-state index contributed by atoms with van der Waals surface area (Å²) in [5, 5.41) is 13.3. The van der Waals surface area contributed by atoms with Gasteiger partial charge in [-0.2, -0.15) is 15.0 Å². The summed E-state index contributed by atoms with van der Waals surface area (Å²) in [6.45, 7) is 0.577. The molecular formula is C24H19FN4O2. The molecule has 0 aliphatic rings. The number of hydrogen-bond donors (Lipinski definition) is 0. The minimum atomic E-state index is -0.374. The molecule has 0 saturated carbocycles. The fraction of sp³-hybridized carbons (Fsp3) is 0.125. The smallest absolute Gasteiger partial charge is 0.218 e. The van der Waals surface area contributed by atoms with E-state index >= 15 is 0 Å². The summed E-state index contributed by atoms with van der Waals surface area (Å²) in [5.41, 5.74) is 2.33. The summed E-state index contributed by atoms with van der Waals surface area (Å²) in [7, 11) is 0. The molecule has 0 saturated heterocycles. The van der Waals surface area contributed by atoms with Gasteiger partial charge < -0.3 is 9.47 Å². The van der Waals surface area contributed by atoms with E-state index in [2.05, 4.69) is 16.2 Å². The molecule has 31 heavy (non-hydrogen) atoms. The molecule has 0 aliphatic carbocycles. The lowest BCUT2D eigenvalue weighted by molar-refractivity contribution is 0.266. The number of halogens is 1. The Hall–Kier alpha value is -4.18. The number of nitriles is 1. The predicted octanol–water partition coefficient (Wildman–Crippen LogP) is 4.48. The van der Waals surface area contributed by atoms with E-state index in [4.69, 9.17) is 14.7 Å². The van der Waals surface area contributed by atoms with E-state index in [1.54, 1.807) is 30.5 Å². The standard InChI is InChI=1S/C24H19FN4O2/c25-21-7-6-20(22(15-21)30-13-10-18-4-2-1-3-5-18)17-31-24-9-12-28-29(24)23-14-19(16-26)8-11-27-23/h1-9,11-12,14-15H,10,13,17H2. The van der Waals surface area contributed by atoms with Crippen molar-refractivity contribution in [3.05, 3.63) is 102 Å². The molecule has 154 valence electrons. The number of pyridine rings is 1. The van der Waals surface area contributed by atoms with Crippen molar-refractivity contribution in [2.45, 2.75) is 13.0 Å². The quantitative estimate of drug-likeness (QED) is 0.425. The van der Waals surface area contributed by atoms with Crippen molar-refractivity contribution in [3.63, 3.8) is 0 Å². The van der Waals surface area contributed by atoms with Crippen LogP contribution in [0, 0.1) is 17.1 Å². The van der Waals surface area contributed by atoms with Gasteiger partial charge in [-0.15, -0.1) is 0 Å². The van der Waals surface area contributed by atoms with Crippen LogP contribution in [0.5, 0.6) is 11.6 Å². The van der Waals surface area contributed by atoms with E-state index in [1.165, 1.54) is 23.0 Å². The molecule has 4 aromatic rings.